The number of unbranched alkanes of at least 4 members (excludes halogenated alkanes) is 3. The second kappa shape index (κ2) is 9.66. The molecule has 24 heavy (non-hydrogen) atoms. The summed E-state index contributed by atoms with van der Waals surface area (Å²) in [6.07, 6.45) is 12.2. The summed E-state index contributed by atoms with van der Waals surface area (Å²) in [5.41, 5.74) is 1.89. The maximum Gasteiger partial charge on any atom is 0.130 e. The van der Waals surface area contributed by atoms with Crippen molar-refractivity contribution < 1.29 is 14.4 Å². The van der Waals surface area contributed by atoms with Crippen LogP contribution in [0.25, 0.3) is 5.57 Å². The van der Waals surface area contributed by atoms with E-state index in [0.717, 1.165) is 53.4 Å². The smallest absolute Gasteiger partial charge is 0.130 e. The molecular weight excluding hydrogens is 319 g/mol. The molecule has 0 spiro atoms. The molecule has 4 heteroatoms. The monoisotopic (exact) mass is 346 g/mol. The molecule has 0 saturated heterocycles. The highest BCUT2D eigenvalue weighted by molar-refractivity contribution is 7.53. The maximum atomic E-state index is 12.9. The molecule has 2 rings (SSSR count). The zero-order valence-electron chi connectivity index (χ0n) is 14.9. The highest BCUT2D eigenvalue weighted by Gasteiger charge is 2.24. The van der Waals surface area contributed by atoms with Crippen molar-refractivity contribution in [3.8, 4) is 11.5 Å². The van der Waals surface area contributed by atoms with Gasteiger partial charge in [0.1, 0.15) is 23.0 Å². The van der Waals surface area contributed by atoms with Gasteiger partial charge in [-0.15, -0.1) is 0 Å². The first-order chi connectivity index (χ1) is 11.7. The van der Waals surface area contributed by atoms with Gasteiger partial charge in [-0.3, -0.25) is 0 Å². The zero-order chi connectivity index (χ0) is 17.4. The molecule has 1 atom stereocenters. The molecule has 1 aromatic carbocycles. The van der Waals surface area contributed by atoms with Crippen LogP contribution in [0.1, 0.15) is 44.6 Å². The van der Waals surface area contributed by atoms with Crippen molar-refractivity contribution >= 4 is 18.6 Å². The standard InChI is InChI=1S/C20H27O3P/c1-4-5-6-9-15-24(21)19-14-8-7-11-16(19)20-17(22-2)12-10-13-18(20)23-3/h7-8,10-13H,4-6,9,14-15H2,1-3H3. The van der Waals surface area contributed by atoms with Crippen molar-refractivity contribution in [1.29, 1.82) is 0 Å². The maximum absolute atomic E-state index is 12.9. The van der Waals surface area contributed by atoms with Crippen molar-refractivity contribution in [1.82, 2.24) is 0 Å². The molecule has 1 aromatic rings. The molecule has 0 aromatic heterocycles. The molecular formula is C20H27O3P. The van der Waals surface area contributed by atoms with Crippen molar-refractivity contribution in [3.63, 3.8) is 0 Å². The predicted octanol–water partition coefficient (Wildman–Crippen LogP) is 4.56. The summed E-state index contributed by atoms with van der Waals surface area (Å²) in [5.74, 6) is 1.51. The molecule has 0 saturated carbocycles. The summed E-state index contributed by atoms with van der Waals surface area (Å²) in [7, 11) is 1.93. The van der Waals surface area contributed by atoms with Crippen molar-refractivity contribution in [2.45, 2.75) is 39.0 Å². The van der Waals surface area contributed by atoms with E-state index < -0.39 is 7.77 Å². The largest absolute Gasteiger partial charge is 0.630 e. The minimum Gasteiger partial charge on any atom is -0.630 e. The molecule has 0 aliphatic heterocycles. The van der Waals surface area contributed by atoms with Crippen LogP contribution < -0.4 is 14.4 Å². The molecule has 3 nitrogen and oxygen atoms in total. The first kappa shape index (κ1) is 18.8. The van der Waals surface area contributed by atoms with Crippen LogP contribution in [0.2, 0.25) is 0 Å². The third-order valence-electron chi connectivity index (χ3n) is 4.23. The van der Waals surface area contributed by atoms with E-state index in [-0.39, 0.29) is 0 Å². The number of ether oxygens (including phenoxy) is 2. The Kier molecular flexibility index (Phi) is 7.55. The van der Waals surface area contributed by atoms with E-state index in [9.17, 15) is 4.89 Å². The predicted molar refractivity (Wildman–Crippen MR) is 102 cm³/mol. The van der Waals surface area contributed by atoms with Crippen LogP contribution in [0, 0.1) is 0 Å². The number of rotatable bonds is 8. The van der Waals surface area contributed by atoms with E-state index in [1.807, 2.05) is 30.4 Å². The minimum absolute atomic E-state index is 0.732. The Morgan fingerprint density at radius 2 is 1.79 bits per heavy atom. The fourth-order valence-electron chi connectivity index (χ4n) is 2.95. The molecule has 0 fully saturated rings. The Morgan fingerprint density at radius 3 is 2.42 bits per heavy atom. The summed E-state index contributed by atoms with van der Waals surface area (Å²) in [5, 5.41) is 1.01. The molecule has 0 N–H and O–H groups in total. The van der Waals surface area contributed by atoms with Gasteiger partial charge < -0.3 is 14.4 Å². The lowest BCUT2D eigenvalue weighted by Crippen LogP contribution is -2.11. The van der Waals surface area contributed by atoms with Gasteiger partial charge in [0.05, 0.1) is 27.6 Å². The number of benzene rings is 1. The summed E-state index contributed by atoms with van der Waals surface area (Å²) >= 11 is 0. The van der Waals surface area contributed by atoms with Crippen molar-refractivity contribution in [3.05, 3.63) is 42.0 Å². The summed E-state index contributed by atoms with van der Waals surface area (Å²) in [4.78, 5) is 12.9. The van der Waals surface area contributed by atoms with E-state index in [1.54, 1.807) is 14.2 Å². The van der Waals surface area contributed by atoms with Crippen molar-refractivity contribution in [2.75, 3.05) is 20.4 Å². The topological polar surface area (TPSA) is 41.5 Å². The molecule has 0 bridgehead atoms. The Hall–Kier alpha value is -1.57. The lowest BCUT2D eigenvalue weighted by atomic mass is 9.95. The molecule has 1 aliphatic rings. The van der Waals surface area contributed by atoms with E-state index in [1.165, 1.54) is 12.8 Å². The van der Waals surface area contributed by atoms with Crippen LogP contribution in [0.15, 0.2) is 36.4 Å². The second-order valence-corrected chi connectivity index (χ2v) is 7.60. The third kappa shape index (κ3) is 4.49. The van der Waals surface area contributed by atoms with Crippen LogP contribution in [0.3, 0.4) is 0 Å². The Morgan fingerprint density at radius 1 is 1.08 bits per heavy atom. The van der Waals surface area contributed by atoms with Gasteiger partial charge in [0.25, 0.3) is 0 Å². The molecule has 0 radical (unpaired) electrons. The lowest BCUT2D eigenvalue weighted by Gasteiger charge is -2.18. The van der Waals surface area contributed by atoms with Gasteiger partial charge in [-0.25, -0.2) is 0 Å². The number of methoxy groups -OCH3 is 2. The number of hydrogen-bond acceptors (Lipinski definition) is 3. The summed E-state index contributed by atoms with van der Waals surface area (Å²) < 4.78 is 11.1. The van der Waals surface area contributed by atoms with Gasteiger partial charge in [-0.05, 0) is 25.0 Å². The molecule has 1 aliphatic carbocycles. The van der Waals surface area contributed by atoms with Crippen LogP contribution in [-0.2, 0) is 0 Å². The highest BCUT2D eigenvalue weighted by Crippen LogP contribution is 2.40. The van der Waals surface area contributed by atoms with E-state index in [2.05, 4.69) is 13.0 Å². The van der Waals surface area contributed by atoms with Gasteiger partial charge in [0, 0.05) is 12.0 Å². The van der Waals surface area contributed by atoms with Crippen molar-refractivity contribution in [2.24, 2.45) is 0 Å². The van der Waals surface area contributed by atoms with Gasteiger partial charge in [-0.1, -0.05) is 44.1 Å². The molecule has 1 unspecified atom stereocenters. The Bertz CT molecular complexity index is 622. The highest BCUT2D eigenvalue weighted by atomic mass is 31.1. The average Bonchev–Trinajstić information content (AvgIpc) is 2.64. The van der Waals surface area contributed by atoms with Gasteiger partial charge in [-0.2, -0.15) is 0 Å². The van der Waals surface area contributed by atoms with Gasteiger partial charge in [0.2, 0.25) is 0 Å². The quantitative estimate of drug-likeness (QED) is 0.512. The minimum atomic E-state index is -1.38. The molecule has 130 valence electrons. The lowest BCUT2D eigenvalue weighted by molar-refractivity contribution is -0.152. The SMILES string of the molecule is CCCCCC[P+]([O-])=C1CC=CC=C1c1c(OC)cccc1OC. The van der Waals surface area contributed by atoms with E-state index in [4.69, 9.17) is 9.47 Å². The average molecular weight is 346 g/mol. The molecule has 0 amide bonds. The molecule has 0 heterocycles. The Balaban J connectivity index is 2.36. The van der Waals surface area contributed by atoms with Gasteiger partial charge in [0.15, 0.2) is 0 Å². The fraction of sp³-hybridized carbons (Fsp3) is 0.450. The third-order valence-corrected chi connectivity index (χ3v) is 5.98. The van der Waals surface area contributed by atoms with Crippen LogP contribution in [-0.4, -0.2) is 25.7 Å². The van der Waals surface area contributed by atoms with E-state index in [0.29, 0.717) is 0 Å². The van der Waals surface area contributed by atoms with Crippen LogP contribution in [0.4, 0.5) is 0 Å². The van der Waals surface area contributed by atoms with Crippen LogP contribution in [0.5, 0.6) is 11.5 Å². The van der Waals surface area contributed by atoms with Crippen LogP contribution >= 0.6 is 7.77 Å². The summed E-state index contributed by atoms with van der Waals surface area (Å²) in [6, 6.07) is 5.75. The fourth-order valence-corrected chi connectivity index (χ4v) is 4.49. The number of allylic oxidation sites excluding steroid dienone is 4. The van der Waals surface area contributed by atoms with Gasteiger partial charge >= 0.3 is 0 Å². The first-order valence-corrected chi connectivity index (χ1v) is 10.1. The first-order valence-electron chi connectivity index (χ1n) is 8.62. The number of hydrogen-bond donors (Lipinski definition) is 0. The second-order valence-electron chi connectivity index (χ2n) is 5.86. The zero-order valence-corrected chi connectivity index (χ0v) is 15.8. The Labute approximate surface area is 146 Å². The van der Waals surface area contributed by atoms with E-state index >= 15 is 0 Å². The summed E-state index contributed by atoms with van der Waals surface area (Å²) in [6.45, 7) is 2.19. The normalized spacial score (nSPS) is 15.9.